The van der Waals surface area contributed by atoms with Gasteiger partial charge in [-0.1, -0.05) is 37.9 Å². The summed E-state index contributed by atoms with van der Waals surface area (Å²) in [6, 6.07) is 5.70. The summed E-state index contributed by atoms with van der Waals surface area (Å²) in [7, 11) is -26.8. The molecule has 56 nitrogen and oxygen atoms in total. The van der Waals surface area contributed by atoms with Crippen molar-refractivity contribution in [1.82, 2.24) is 73.1 Å². The topological polar surface area (TPSA) is 787 Å². The van der Waals surface area contributed by atoms with Crippen LogP contribution in [0.15, 0.2) is 68.8 Å². The second kappa shape index (κ2) is 32.6. The molecule has 4 aliphatic rings. The monoisotopic (exact) mass is 1740 g/mol. The summed E-state index contributed by atoms with van der Waals surface area (Å²) in [6.07, 6.45) is -25.9. The Morgan fingerprint density at radius 1 is 0.560 bits per heavy atom. The number of rotatable bonds is 32. The summed E-state index contributed by atoms with van der Waals surface area (Å²) in [5, 5.41) is 46.1. The first kappa shape index (κ1) is 85.3. The number of phosphoric acid groups is 5. The van der Waals surface area contributed by atoms with E-state index in [2.05, 4.69) is 63.4 Å². The Labute approximate surface area is 644 Å². The number of fused-ring (bicyclic) bond motifs is 4. The predicted octanol–water partition coefficient (Wildman–Crippen LogP) is -2.59. The number of H-pyrrole nitrogens is 4. The fraction of sp³-hybridized carbons (Fsp3) is 0.527. The number of nitro benzene ring substituents is 1. The third-order valence-corrected chi connectivity index (χ3v) is 24.5. The van der Waals surface area contributed by atoms with Crippen LogP contribution in [0.2, 0.25) is 0 Å². The highest BCUT2D eigenvalue weighted by Crippen LogP contribution is 2.68. The van der Waals surface area contributed by atoms with Gasteiger partial charge >= 0.3 is 44.8 Å². The van der Waals surface area contributed by atoms with Crippen LogP contribution in [-0.4, -0.2) is 238 Å². The minimum Gasteiger partial charge on any atom is -0.387 e. The van der Waals surface area contributed by atoms with Gasteiger partial charge in [0.25, 0.3) is 33.9 Å². The number of hydrogen-bond donors (Lipinski definition) is 16. The van der Waals surface area contributed by atoms with Gasteiger partial charge in [-0.15, -0.1) is 0 Å². The Hall–Kier alpha value is -8.59. The van der Waals surface area contributed by atoms with E-state index < -0.39 is 221 Å². The van der Waals surface area contributed by atoms with Crippen LogP contribution in [0.4, 0.5) is 29.5 Å². The highest BCUT2D eigenvalue weighted by atomic mass is 31.3. The number of methoxy groups -OCH3 is 2. The number of aryl methyl sites for hydroxylation is 1. The van der Waals surface area contributed by atoms with Crippen LogP contribution in [0.25, 0.3) is 44.7 Å². The molecule has 1 aromatic carbocycles. The van der Waals surface area contributed by atoms with E-state index in [1.54, 1.807) is 26.8 Å². The fourth-order valence-electron chi connectivity index (χ4n) is 13.3. The van der Waals surface area contributed by atoms with Crippen molar-refractivity contribution in [2.75, 3.05) is 70.4 Å². The molecule has 632 valence electrons. The number of ether oxygens (including phenoxy) is 8. The first-order valence-electron chi connectivity index (χ1n) is 33.6. The molecule has 0 spiro atoms. The number of aliphatic hydroxyl groups is 3. The number of aliphatic hydroxyl groups excluding tert-OH is 3. The molecule has 116 heavy (non-hydrogen) atoms. The average molecular weight is 1740 g/mol. The number of hydrogen-bond acceptors (Lipinski definition) is 41. The van der Waals surface area contributed by atoms with Crippen LogP contribution < -0.4 is 49.7 Å². The number of imidazole rings is 4. The van der Waals surface area contributed by atoms with E-state index in [-0.39, 0.29) is 67.8 Å². The normalized spacial score (nSPS) is 28.2. The SMILES string of the molecule is CO[C@H]1C(OP(=O)(O)OC[C@H]2O[C@@H](n3cnc4c(=O)[nH]c(N)nc43)[C@@H](O)C2O)[C@@H](COP(=O)(O)OC2[C@@H](COP(=O)(O)OP(=O)(O)OP(=O)(O)OC[C@H]3O[C@@H]([n+]4cn(C)c5c(=O)[nH]c(N)nc54)C(OCOC(c4ccccc4[N+](=O)[O-])C(C)(C)C)[C@H]3O)O[C@@H](n3cnc4c(=O)[nH]c(N)nc43)[C@H]2OC)O[C@H]1n1cnc2c(=O)[nH]c(N)nc21. The average Bonchev–Trinajstić information content (AvgIpc) is 1.61. The number of para-hydroxylation sites is 1. The highest BCUT2D eigenvalue weighted by Gasteiger charge is 2.57. The lowest BCUT2D eigenvalue weighted by atomic mass is 9.84. The van der Waals surface area contributed by atoms with Crippen LogP contribution in [-0.2, 0) is 104 Å². The number of phosphoric ester groups is 4. The van der Waals surface area contributed by atoms with Crippen LogP contribution >= 0.6 is 39.1 Å². The largest absolute Gasteiger partial charge is 0.490 e. The summed E-state index contributed by atoms with van der Waals surface area (Å²) in [4.78, 5) is 156. The molecule has 4 fully saturated rings. The van der Waals surface area contributed by atoms with E-state index in [0.29, 0.717) is 0 Å². The maximum Gasteiger partial charge on any atom is 0.490 e. The number of benzene rings is 1. The van der Waals surface area contributed by atoms with Crippen molar-refractivity contribution in [3.8, 4) is 0 Å². The number of nitrogens with two attached hydrogens (primary N) is 4. The van der Waals surface area contributed by atoms with Crippen molar-refractivity contribution in [3.63, 3.8) is 0 Å². The van der Waals surface area contributed by atoms with Crippen molar-refractivity contribution >= 4 is 113 Å². The van der Waals surface area contributed by atoms with Crippen LogP contribution in [0, 0.1) is 15.5 Å². The molecule has 4 saturated heterocycles. The number of nitrogens with one attached hydrogen (secondary N) is 4. The van der Waals surface area contributed by atoms with E-state index in [1.807, 2.05) is 0 Å². The van der Waals surface area contributed by atoms with E-state index in [0.717, 1.165) is 46.9 Å². The second-order valence-corrected chi connectivity index (χ2v) is 34.5. The standard InChI is InChI=1S/C55H72N21O35P5/c1-55(2,3)38(20-9-7-8-10-21(20)76(84)85)99-19-98-35-31(78)23(105-48(35)75-18-71(4)29-42(75)66-54(59)70-46(29)83)12-102-114(90,91)110-116(94,95)111-115(92,93)103-14-25-34(37(97-6)50(107-25)74-17-62-28-41(74)65-53(58)69-45(28)82)109-113(88,89)101-13-24-33(36(96-5)49(106-24)73-16-61-27-40(73)64-52(57)68-44(27)81)108-112(86,87)100-11-22-30(77)32(79)47(104-22)72-15-60-26-39(72)63-51(56)67-43(26)80/h7-10,15-18,22-25,30-38,47-50,77-79H,11-14,19H2,1-6H3,(H16-,56,57,58,59,63,64,65,66,67,68,69,70,80,81,82,83,86,87,88,89,90,91,92,93,94,95)/p+1/t22-,23-,24-,25-,30?,31+,32+,33?,34?,35?,36+,37+,38?,47-,48-,49-,50-/m1/s1. The molecule has 4 aliphatic heterocycles. The van der Waals surface area contributed by atoms with Crippen LogP contribution in [0.1, 0.15) is 57.4 Å². The number of aromatic nitrogens is 16. The molecule has 0 radical (unpaired) electrons. The Morgan fingerprint density at radius 2 is 0.974 bits per heavy atom. The van der Waals surface area contributed by atoms with E-state index >= 15 is 0 Å². The summed E-state index contributed by atoms with van der Waals surface area (Å²) >= 11 is 0. The number of nitrogen functional groups attached to an aromatic ring is 4. The Morgan fingerprint density at radius 3 is 1.43 bits per heavy atom. The van der Waals surface area contributed by atoms with Crippen molar-refractivity contribution in [3.05, 3.63) is 107 Å². The van der Waals surface area contributed by atoms with Gasteiger partial charge in [0.2, 0.25) is 29.6 Å². The Balaban J connectivity index is 0.709. The molecule has 8 aromatic heterocycles. The molecule has 12 heterocycles. The zero-order valence-electron chi connectivity index (χ0n) is 60.4. The molecule has 0 saturated carbocycles. The lowest BCUT2D eigenvalue weighted by molar-refractivity contribution is -0.746. The summed E-state index contributed by atoms with van der Waals surface area (Å²) in [5.74, 6) is -1.65. The molecule has 9 aromatic rings. The molecule has 10 unspecified atom stereocenters. The smallest absolute Gasteiger partial charge is 0.387 e. The molecule has 61 heteroatoms. The molecular weight excluding hydrogens is 1670 g/mol. The Kier molecular flexibility index (Phi) is 24.0. The van der Waals surface area contributed by atoms with Crippen LogP contribution in [0.5, 0.6) is 0 Å². The number of nitrogens with zero attached hydrogens (tertiary/aromatic N) is 13. The maximum atomic E-state index is 14.6. The van der Waals surface area contributed by atoms with Crippen LogP contribution in [0.3, 0.4) is 0 Å². The molecule has 22 atom stereocenters. The third kappa shape index (κ3) is 17.6. The van der Waals surface area contributed by atoms with Gasteiger partial charge in [-0.3, -0.25) is 94.6 Å². The minimum absolute atomic E-state index is 0.0907. The van der Waals surface area contributed by atoms with E-state index in [9.17, 15) is 91.9 Å². The first-order chi connectivity index (χ1) is 54.5. The number of anilines is 4. The van der Waals surface area contributed by atoms with Gasteiger partial charge in [-0.2, -0.15) is 23.6 Å². The molecule has 0 amide bonds. The van der Waals surface area contributed by atoms with Crippen molar-refractivity contribution < 1.29 is 146 Å². The first-order valence-corrected chi connectivity index (χ1v) is 41.1. The Bertz CT molecular complexity index is 5740. The molecule has 20 N–H and O–H groups in total. The summed E-state index contributed by atoms with van der Waals surface area (Å²) in [5.41, 5.74) is 17.0. The zero-order valence-corrected chi connectivity index (χ0v) is 64.9. The predicted molar refractivity (Wildman–Crippen MR) is 380 cm³/mol. The quantitative estimate of drug-likeness (QED) is 0.00676. The zero-order chi connectivity index (χ0) is 84.0. The van der Waals surface area contributed by atoms with Gasteiger partial charge in [0.1, 0.15) is 80.0 Å². The lowest BCUT2D eigenvalue weighted by Gasteiger charge is -2.31. The van der Waals surface area contributed by atoms with Gasteiger partial charge in [-0.05, 0) is 11.5 Å². The van der Waals surface area contributed by atoms with Crippen molar-refractivity contribution in [2.45, 2.75) is 125 Å². The van der Waals surface area contributed by atoms with Crippen molar-refractivity contribution in [1.29, 1.82) is 0 Å². The summed E-state index contributed by atoms with van der Waals surface area (Å²) < 4.78 is 163. The van der Waals surface area contributed by atoms with E-state index in [4.69, 9.17) is 88.0 Å². The minimum atomic E-state index is -6.46. The third-order valence-electron chi connectivity index (χ3n) is 18.2. The lowest BCUT2D eigenvalue weighted by Crippen LogP contribution is -2.47. The highest BCUT2D eigenvalue weighted by molar-refractivity contribution is 7.66. The molecule has 13 rings (SSSR count). The summed E-state index contributed by atoms with van der Waals surface area (Å²) in [6.45, 7) is -0.667. The van der Waals surface area contributed by atoms with Crippen molar-refractivity contribution in [2.24, 2.45) is 12.5 Å². The maximum absolute atomic E-state index is 14.6. The van der Waals surface area contributed by atoms with Gasteiger partial charge in [-0.25, -0.2) is 42.3 Å². The molecule has 0 bridgehead atoms. The number of aromatic amines is 4. The van der Waals surface area contributed by atoms with Gasteiger partial charge in [0.05, 0.1) is 69.0 Å². The molecular formula is C55H73N21O35P5+. The molecule has 0 aliphatic carbocycles. The second-order valence-electron chi connectivity index (χ2n) is 27.0. The van der Waals surface area contributed by atoms with Gasteiger partial charge in [0.15, 0.2) is 58.5 Å². The number of nitro groups is 1. The van der Waals surface area contributed by atoms with Gasteiger partial charge < -0.3 is 101 Å². The van der Waals surface area contributed by atoms with Gasteiger partial charge in [0, 0.05) is 20.3 Å². The fourth-order valence-corrected chi connectivity index (χ4v) is 18.8. The van der Waals surface area contributed by atoms with E-state index in [1.165, 1.54) is 40.7 Å².